The first-order chi connectivity index (χ1) is 10.3. The van der Waals surface area contributed by atoms with Crippen LogP contribution >= 0.6 is 27.3 Å². The third-order valence-corrected chi connectivity index (χ3v) is 5.76. The molecule has 0 radical (unpaired) electrons. The molecule has 3 heterocycles. The van der Waals surface area contributed by atoms with E-state index in [2.05, 4.69) is 37.2 Å². The molecule has 1 N–H and O–H groups in total. The summed E-state index contributed by atoms with van der Waals surface area (Å²) < 4.78 is 8.27. The van der Waals surface area contributed by atoms with E-state index < -0.39 is 0 Å². The summed E-state index contributed by atoms with van der Waals surface area (Å²) in [5.74, 6) is 0. The average Bonchev–Trinajstić information content (AvgIpc) is 3.09. The lowest BCUT2D eigenvalue weighted by molar-refractivity contribution is -0.0415. The zero-order valence-corrected chi connectivity index (χ0v) is 14.1. The fourth-order valence-corrected chi connectivity index (χ4v) is 4.61. The number of fused-ring (bicyclic) bond motifs is 2. The highest BCUT2D eigenvalue weighted by Gasteiger charge is 2.32. The van der Waals surface area contributed by atoms with Gasteiger partial charge in [-0.1, -0.05) is 27.3 Å². The number of benzene rings is 1. The summed E-state index contributed by atoms with van der Waals surface area (Å²) in [6, 6.07) is 6.86. The van der Waals surface area contributed by atoms with Crippen LogP contribution in [0.2, 0.25) is 0 Å². The molecule has 1 aromatic carbocycles. The van der Waals surface area contributed by atoms with Gasteiger partial charge in [-0.05, 0) is 37.6 Å². The Morgan fingerprint density at radius 3 is 3.38 bits per heavy atom. The number of nitrogens with one attached hydrogen (secondary N) is 1. The molecule has 4 nitrogen and oxygen atoms in total. The molecule has 0 aliphatic carbocycles. The molecule has 21 heavy (non-hydrogen) atoms. The van der Waals surface area contributed by atoms with E-state index in [-0.39, 0.29) is 6.10 Å². The summed E-state index contributed by atoms with van der Waals surface area (Å²) in [4.78, 5) is 7.20. The van der Waals surface area contributed by atoms with Gasteiger partial charge in [-0.25, -0.2) is 4.98 Å². The highest BCUT2D eigenvalue weighted by atomic mass is 79.9. The standard InChI is InChI=1S/C15H18BrN3OS/c16-10-3-4-13-14(6-10)21-15(18-13)17-7-12-8-19-5-1-2-11(19)9-20-12/h3-4,6,11-12H,1-2,5,7-9H2,(H,17,18). The Bertz CT molecular complexity index is 647. The van der Waals surface area contributed by atoms with Gasteiger partial charge in [-0.15, -0.1) is 0 Å². The fourth-order valence-electron chi connectivity index (χ4n) is 3.18. The third-order valence-electron chi connectivity index (χ3n) is 4.29. The summed E-state index contributed by atoms with van der Waals surface area (Å²) in [5, 5.41) is 4.43. The maximum Gasteiger partial charge on any atom is 0.183 e. The van der Waals surface area contributed by atoms with Crippen molar-refractivity contribution >= 4 is 42.6 Å². The molecule has 0 spiro atoms. The fraction of sp³-hybridized carbons (Fsp3) is 0.533. The molecule has 2 aliphatic heterocycles. The number of rotatable bonds is 3. The summed E-state index contributed by atoms with van der Waals surface area (Å²) in [6.45, 7) is 4.01. The number of aromatic nitrogens is 1. The summed E-state index contributed by atoms with van der Waals surface area (Å²) in [6.07, 6.45) is 2.89. The Hall–Kier alpha value is -0.690. The summed E-state index contributed by atoms with van der Waals surface area (Å²) in [7, 11) is 0. The maximum absolute atomic E-state index is 5.97. The Balaban J connectivity index is 1.39. The lowest BCUT2D eigenvalue weighted by atomic mass is 10.2. The highest BCUT2D eigenvalue weighted by Crippen LogP contribution is 2.29. The van der Waals surface area contributed by atoms with Crippen LogP contribution in [0.3, 0.4) is 0 Å². The van der Waals surface area contributed by atoms with E-state index in [1.165, 1.54) is 24.1 Å². The van der Waals surface area contributed by atoms with Gasteiger partial charge in [0.1, 0.15) is 0 Å². The van der Waals surface area contributed by atoms with E-state index in [0.29, 0.717) is 6.04 Å². The lowest BCUT2D eigenvalue weighted by Gasteiger charge is -2.35. The van der Waals surface area contributed by atoms with Crippen LogP contribution in [0.25, 0.3) is 10.2 Å². The minimum absolute atomic E-state index is 0.276. The van der Waals surface area contributed by atoms with Crippen molar-refractivity contribution in [2.24, 2.45) is 0 Å². The molecule has 112 valence electrons. The largest absolute Gasteiger partial charge is 0.373 e. The van der Waals surface area contributed by atoms with Crippen LogP contribution in [0.5, 0.6) is 0 Å². The van der Waals surface area contributed by atoms with E-state index in [9.17, 15) is 0 Å². The number of thiazole rings is 1. The first-order valence-electron chi connectivity index (χ1n) is 7.43. The van der Waals surface area contributed by atoms with Crippen LogP contribution in [0.15, 0.2) is 22.7 Å². The maximum atomic E-state index is 5.97. The number of hydrogen-bond donors (Lipinski definition) is 1. The van der Waals surface area contributed by atoms with Crippen molar-refractivity contribution in [1.82, 2.24) is 9.88 Å². The topological polar surface area (TPSA) is 37.4 Å². The molecule has 2 saturated heterocycles. The van der Waals surface area contributed by atoms with E-state index in [1.807, 2.05) is 12.1 Å². The molecule has 6 heteroatoms. The first-order valence-corrected chi connectivity index (χ1v) is 9.04. The van der Waals surface area contributed by atoms with Crippen LogP contribution in [0.4, 0.5) is 5.13 Å². The molecule has 0 bridgehead atoms. The van der Waals surface area contributed by atoms with Crippen molar-refractivity contribution in [2.45, 2.75) is 25.0 Å². The van der Waals surface area contributed by atoms with Crippen LogP contribution in [0, 0.1) is 0 Å². The number of nitrogens with zero attached hydrogens (tertiary/aromatic N) is 2. The quantitative estimate of drug-likeness (QED) is 0.902. The van der Waals surface area contributed by atoms with Crippen molar-refractivity contribution in [2.75, 3.05) is 31.6 Å². The molecule has 2 aromatic rings. The van der Waals surface area contributed by atoms with E-state index in [1.54, 1.807) is 11.3 Å². The summed E-state index contributed by atoms with van der Waals surface area (Å²) in [5.41, 5.74) is 1.05. The zero-order valence-electron chi connectivity index (χ0n) is 11.7. The predicted molar refractivity (Wildman–Crippen MR) is 90.1 cm³/mol. The average molecular weight is 368 g/mol. The number of hydrogen-bond acceptors (Lipinski definition) is 5. The highest BCUT2D eigenvalue weighted by molar-refractivity contribution is 9.10. The van der Waals surface area contributed by atoms with Gasteiger partial charge >= 0.3 is 0 Å². The minimum atomic E-state index is 0.276. The van der Waals surface area contributed by atoms with E-state index in [0.717, 1.165) is 34.8 Å². The molecular weight excluding hydrogens is 350 g/mol. The van der Waals surface area contributed by atoms with Gasteiger partial charge < -0.3 is 10.1 Å². The second kappa shape index (κ2) is 5.83. The van der Waals surface area contributed by atoms with Crippen LogP contribution in [0.1, 0.15) is 12.8 Å². The van der Waals surface area contributed by atoms with Gasteiger partial charge in [0.05, 0.1) is 22.9 Å². The monoisotopic (exact) mass is 367 g/mol. The molecule has 1 aromatic heterocycles. The number of anilines is 1. The van der Waals surface area contributed by atoms with Gasteiger partial charge in [0.15, 0.2) is 5.13 Å². The molecule has 2 unspecified atom stereocenters. The number of morpholine rings is 1. The van der Waals surface area contributed by atoms with Crippen molar-refractivity contribution in [1.29, 1.82) is 0 Å². The third kappa shape index (κ3) is 2.95. The number of ether oxygens (including phenoxy) is 1. The predicted octanol–water partition coefficient (Wildman–Crippen LogP) is 3.33. The molecule has 0 saturated carbocycles. The lowest BCUT2D eigenvalue weighted by Crippen LogP contribution is -2.48. The van der Waals surface area contributed by atoms with Gasteiger partial charge in [0, 0.05) is 23.6 Å². The first kappa shape index (κ1) is 13.9. The molecule has 0 amide bonds. The van der Waals surface area contributed by atoms with Crippen molar-refractivity contribution in [3.63, 3.8) is 0 Å². The number of halogens is 1. The van der Waals surface area contributed by atoms with Crippen molar-refractivity contribution < 1.29 is 4.74 Å². The summed E-state index contributed by atoms with van der Waals surface area (Å²) >= 11 is 5.20. The smallest absolute Gasteiger partial charge is 0.183 e. The molecular formula is C15H18BrN3OS. The SMILES string of the molecule is Brc1ccc2nc(NCC3CN4CCCC4CO3)sc2c1. The van der Waals surface area contributed by atoms with Gasteiger partial charge in [0.25, 0.3) is 0 Å². The second-order valence-electron chi connectivity index (χ2n) is 5.76. The molecule has 2 fully saturated rings. The molecule has 4 rings (SSSR count). The molecule has 2 atom stereocenters. The van der Waals surface area contributed by atoms with Gasteiger partial charge in [0.2, 0.25) is 0 Å². The second-order valence-corrected chi connectivity index (χ2v) is 7.70. The van der Waals surface area contributed by atoms with Crippen LogP contribution in [-0.2, 0) is 4.74 Å². The zero-order chi connectivity index (χ0) is 14.2. The minimum Gasteiger partial charge on any atom is -0.373 e. The Morgan fingerprint density at radius 1 is 1.48 bits per heavy atom. The van der Waals surface area contributed by atoms with Gasteiger partial charge in [-0.2, -0.15) is 0 Å². The van der Waals surface area contributed by atoms with E-state index in [4.69, 9.17) is 4.74 Å². The Morgan fingerprint density at radius 2 is 2.43 bits per heavy atom. The molecule has 2 aliphatic rings. The normalized spacial score (nSPS) is 26.1. The van der Waals surface area contributed by atoms with Crippen molar-refractivity contribution in [3.05, 3.63) is 22.7 Å². The van der Waals surface area contributed by atoms with E-state index >= 15 is 0 Å². The van der Waals surface area contributed by atoms with Gasteiger partial charge in [-0.3, -0.25) is 4.90 Å². The van der Waals surface area contributed by atoms with Crippen molar-refractivity contribution in [3.8, 4) is 0 Å². The van der Waals surface area contributed by atoms with Crippen LogP contribution in [-0.4, -0.2) is 48.3 Å². The van der Waals surface area contributed by atoms with Crippen LogP contribution < -0.4 is 5.32 Å². The Kier molecular flexibility index (Phi) is 3.87. The Labute approximate surface area is 136 Å².